The van der Waals surface area contributed by atoms with E-state index in [0.29, 0.717) is 0 Å². The van der Waals surface area contributed by atoms with Crippen LogP contribution < -0.4 is 0 Å². The first kappa shape index (κ1) is 10.7. The van der Waals surface area contributed by atoms with Crippen molar-refractivity contribution in [1.82, 2.24) is 0 Å². The molecule has 0 N–H and O–H groups in total. The van der Waals surface area contributed by atoms with Crippen LogP contribution in [-0.4, -0.2) is 6.72 Å². The first-order valence-electron chi connectivity index (χ1n) is 5.04. The maximum atomic E-state index is 3.94. The zero-order valence-electron chi connectivity index (χ0n) is 8.79. The van der Waals surface area contributed by atoms with Gasteiger partial charge in [-0.1, -0.05) is 32.1 Å². The van der Waals surface area contributed by atoms with Crippen LogP contribution in [0.25, 0.3) is 6.08 Å². The van der Waals surface area contributed by atoms with Gasteiger partial charge in [0, 0.05) is 0 Å². The van der Waals surface area contributed by atoms with Crippen molar-refractivity contribution in [2.24, 2.45) is 4.99 Å². The SMILES string of the molecule is C=Cc1cc(CCCC)ccc1N=C. The summed E-state index contributed by atoms with van der Waals surface area (Å²) in [4.78, 5) is 3.94. The Morgan fingerprint density at radius 2 is 2.21 bits per heavy atom. The summed E-state index contributed by atoms with van der Waals surface area (Å²) in [7, 11) is 0. The van der Waals surface area contributed by atoms with Crippen LogP contribution in [0.5, 0.6) is 0 Å². The van der Waals surface area contributed by atoms with E-state index in [-0.39, 0.29) is 0 Å². The minimum atomic E-state index is 0.917. The van der Waals surface area contributed by atoms with Gasteiger partial charge in [-0.25, -0.2) is 0 Å². The highest BCUT2D eigenvalue weighted by molar-refractivity contribution is 5.65. The third-order valence-electron chi connectivity index (χ3n) is 2.30. The van der Waals surface area contributed by atoms with Gasteiger partial charge in [0.1, 0.15) is 0 Å². The molecule has 0 saturated carbocycles. The maximum Gasteiger partial charge on any atom is 0.0694 e. The van der Waals surface area contributed by atoms with Crippen LogP contribution in [0.15, 0.2) is 29.8 Å². The summed E-state index contributed by atoms with van der Waals surface area (Å²) >= 11 is 0. The van der Waals surface area contributed by atoms with Crippen molar-refractivity contribution in [2.45, 2.75) is 26.2 Å². The molecule has 0 amide bonds. The molecule has 1 nitrogen and oxygen atoms in total. The summed E-state index contributed by atoms with van der Waals surface area (Å²) in [6.45, 7) is 9.51. The second-order valence-corrected chi connectivity index (χ2v) is 3.36. The third kappa shape index (κ3) is 2.56. The standard InChI is InChI=1S/C13H17N/c1-4-6-7-11-8-9-13(14-3)12(5-2)10-11/h5,8-10H,2-4,6-7H2,1H3. The number of aryl methyl sites for hydroxylation is 1. The minimum absolute atomic E-state index is 0.917. The van der Waals surface area contributed by atoms with Crippen LogP contribution in [0.2, 0.25) is 0 Å². The molecule has 0 unspecified atom stereocenters. The van der Waals surface area contributed by atoms with E-state index in [9.17, 15) is 0 Å². The molecule has 0 aliphatic carbocycles. The summed E-state index contributed by atoms with van der Waals surface area (Å²) in [5, 5.41) is 0. The lowest BCUT2D eigenvalue weighted by Crippen LogP contribution is -1.85. The van der Waals surface area contributed by atoms with E-state index >= 15 is 0 Å². The summed E-state index contributed by atoms with van der Waals surface area (Å²) in [5.41, 5.74) is 3.35. The molecule has 0 aliphatic heterocycles. The fourth-order valence-electron chi connectivity index (χ4n) is 1.45. The van der Waals surface area contributed by atoms with Crippen LogP contribution in [0.3, 0.4) is 0 Å². The largest absolute Gasteiger partial charge is 0.264 e. The van der Waals surface area contributed by atoms with Crippen molar-refractivity contribution in [2.75, 3.05) is 0 Å². The Kier molecular flexibility index (Phi) is 4.11. The predicted molar refractivity (Wildman–Crippen MR) is 64.4 cm³/mol. The molecule has 0 aromatic heterocycles. The van der Waals surface area contributed by atoms with Gasteiger partial charge in [0.05, 0.1) is 5.69 Å². The van der Waals surface area contributed by atoms with Crippen molar-refractivity contribution in [3.8, 4) is 0 Å². The smallest absolute Gasteiger partial charge is 0.0694 e. The van der Waals surface area contributed by atoms with Crippen LogP contribution in [-0.2, 0) is 6.42 Å². The summed E-state index contributed by atoms with van der Waals surface area (Å²) in [6, 6.07) is 6.27. The average molecular weight is 187 g/mol. The Morgan fingerprint density at radius 1 is 1.43 bits per heavy atom. The predicted octanol–water partition coefficient (Wildman–Crippen LogP) is 4.00. The van der Waals surface area contributed by atoms with Gasteiger partial charge < -0.3 is 0 Å². The fraction of sp³-hybridized carbons (Fsp3) is 0.308. The topological polar surface area (TPSA) is 12.4 Å². The van der Waals surface area contributed by atoms with Gasteiger partial charge in [0.15, 0.2) is 0 Å². The second kappa shape index (κ2) is 5.38. The van der Waals surface area contributed by atoms with Gasteiger partial charge in [-0.3, -0.25) is 4.99 Å². The molecule has 1 heteroatoms. The van der Waals surface area contributed by atoms with E-state index in [1.54, 1.807) is 0 Å². The Hall–Kier alpha value is -1.37. The van der Waals surface area contributed by atoms with E-state index in [1.165, 1.54) is 18.4 Å². The van der Waals surface area contributed by atoms with Crippen LogP contribution in [0.4, 0.5) is 5.69 Å². The normalized spacial score (nSPS) is 9.79. The summed E-state index contributed by atoms with van der Waals surface area (Å²) in [5.74, 6) is 0. The number of nitrogens with zero attached hydrogens (tertiary/aromatic N) is 1. The molecule has 0 fully saturated rings. The Bertz CT molecular complexity index is 326. The number of aliphatic imine (C=N–C) groups is 1. The van der Waals surface area contributed by atoms with Crippen LogP contribution in [0.1, 0.15) is 30.9 Å². The first-order chi connectivity index (χ1) is 6.81. The lowest BCUT2D eigenvalue weighted by atomic mass is 10.0. The highest BCUT2D eigenvalue weighted by Gasteiger charge is 1.98. The van der Waals surface area contributed by atoms with Gasteiger partial charge >= 0.3 is 0 Å². The fourth-order valence-corrected chi connectivity index (χ4v) is 1.45. The highest BCUT2D eigenvalue weighted by atomic mass is 14.7. The van der Waals surface area contributed by atoms with Crippen molar-refractivity contribution in [1.29, 1.82) is 0 Å². The monoisotopic (exact) mass is 187 g/mol. The number of rotatable bonds is 5. The molecule has 1 aromatic carbocycles. The second-order valence-electron chi connectivity index (χ2n) is 3.36. The molecule has 74 valence electrons. The quantitative estimate of drug-likeness (QED) is 0.618. The molecule has 1 aromatic rings. The van der Waals surface area contributed by atoms with Gasteiger partial charge in [-0.2, -0.15) is 0 Å². The number of hydrogen-bond acceptors (Lipinski definition) is 1. The molecule has 0 bridgehead atoms. The first-order valence-corrected chi connectivity index (χ1v) is 5.04. The van der Waals surface area contributed by atoms with E-state index < -0.39 is 0 Å². The average Bonchev–Trinajstić information content (AvgIpc) is 2.25. The molecule has 14 heavy (non-hydrogen) atoms. The molecular weight excluding hydrogens is 170 g/mol. The number of hydrogen-bond donors (Lipinski definition) is 0. The minimum Gasteiger partial charge on any atom is -0.264 e. The highest BCUT2D eigenvalue weighted by Crippen LogP contribution is 2.21. The van der Waals surface area contributed by atoms with Crippen LogP contribution in [0, 0.1) is 0 Å². The van der Waals surface area contributed by atoms with Crippen LogP contribution >= 0.6 is 0 Å². The zero-order valence-corrected chi connectivity index (χ0v) is 8.79. The van der Waals surface area contributed by atoms with Crippen molar-refractivity contribution in [3.63, 3.8) is 0 Å². The van der Waals surface area contributed by atoms with Gasteiger partial charge in [0.2, 0.25) is 0 Å². The van der Waals surface area contributed by atoms with E-state index in [1.807, 2.05) is 12.1 Å². The zero-order chi connectivity index (χ0) is 10.4. The molecule has 0 aliphatic rings. The van der Waals surface area contributed by atoms with Gasteiger partial charge in [-0.05, 0) is 42.8 Å². The number of unbranched alkanes of at least 4 members (excludes halogenated alkanes) is 1. The molecule has 0 saturated heterocycles. The van der Waals surface area contributed by atoms with Gasteiger partial charge in [0.25, 0.3) is 0 Å². The molecule has 1 rings (SSSR count). The molecular formula is C13H17N. The molecule has 0 spiro atoms. The lowest BCUT2D eigenvalue weighted by molar-refractivity contribution is 0.795. The van der Waals surface area contributed by atoms with E-state index in [4.69, 9.17) is 0 Å². The lowest BCUT2D eigenvalue weighted by Gasteiger charge is -2.04. The molecule has 0 atom stereocenters. The van der Waals surface area contributed by atoms with Crippen molar-refractivity contribution >= 4 is 18.5 Å². The van der Waals surface area contributed by atoms with E-state index in [0.717, 1.165) is 17.7 Å². The molecule has 0 heterocycles. The summed E-state index contributed by atoms with van der Waals surface area (Å²) < 4.78 is 0. The Balaban J connectivity index is 2.89. The van der Waals surface area contributed by atoms with E-state index in [2.05, 4.69) is 37.3 Å². The molecule has 0 radical (unpaired) electrons. The third-order valence-corrected chi connectivity index (χ3v) is 2.30. The van der Waals surface area contributed by atoms with Gasteiger partial charge in [-0.15, -0.1) is 0 Å². The Labute approximate surface area is 86.2 Å². The summed E-state index contributed by atoms with van der Waals surface area (Å²) in [6.07, 6.45) is 5.43. The van der Waals surface area contributed by atoms with Crippen molar-refractivity contribution < 1.29 is 0 Å². The number of benzene rings is 1. The van der Waals surface area contributed by atoms with Crippen molar-refractivity contribution in [3.05, 3.63) is 35.9 Å². The maximum absolute atomic E-state index is 3.94. The Morgan fingerprint density at radius 3 is 2.79 bits per heavy atom.